The summed E-state index contributed by atoms with van der Waals surface area (Å²) in [7, 11) is 0. The van der Waals surface area contributed by atoms with Crippen molar-refractivity contribution < 1.29 is 14.3 Å². The van der Waals surface area contributed by atoms with Gasteiger partial charge in [0.05, 0.1) is 0 Å². The van der Waals surface area contributed by atoms with Gasteiger partial charge in [-0.1, -0.05) is 46.9 Å². The standard InChI is InChI=1S/C21H23Cl3N2O3/c1-13(2)25-21(28)14(3)26(11-17-18(23)8-5-9-19(17)24)20(27)12-29-16-7-4-6-15(22)10-16/h4-10,13-14H,11-12H2,1-3H3,(H,25,28). The Labute approximate surface area is 185 Å². The summed E-state index contributed by atoms with van der Waals surface area (Å²) in [6.45, 7) is 5.17. The highest BCUT2D eigenvalue weighted by Crippen LogP contribution is 2.26. The number of carbonyl (C=O) groups excluding carboxylic acids is 2. The van der Waals surface area contributed by atoms with E-state index in [2.05, 4.69) is 5.32 Å². The third-order valence-corrected chi connectivity index (χ3v) is 5.09. The first-order valence-electron chi connectivity index (χ1n) is 9.10. The zero-order valence-electron chi connectivity index (χ0n) is 16.4. The van der Waals surface area contributed by atoms with E-state index in [1.807, 2.05) is 13.8 Å². The van der Waals surface area contributed by atoms with Crippen LogP contribution in [-0.4, -0.2) is 35.4 Å². The van der Waals surface area contributed by atoms with Crippen molar-refractivity contribution in [2.45, 2.75) is 39.4 Å². The maximum Gasteiger partial charge on any atom is 0.261 e. The topological polar surface area (TPSA) is 58.6 Å². The molecule has 2 aromatic carbocycles. The molecular weight excluding hydrogens is 435 g/mol. The molecule has 0 radical (unpaired) electrons. The molecule has 0 saturated heterocycles. The molecule has 0 aliphatic heterocycles. The Bertz CT molecular complexity index is 854. The first-order chi connectivity index (χ1) is 13.7. The lowest BCUT2D eigenvalue weighted by Gasteiger charge is -2.30. The summed E-state index contributed by atoms with van der Waals surface area (Å²) in [6, 6.07) is 11.0. The molecule has 2 rings (SSSR count). The summed E-state index contributed by atoms with van der Waals surface area (Å²) in [5.74, 6) is -0.201. The van der Waals surface area contributed by atoms with Gasteiger partial charge in [0.15, 0.2) is 6.61 Å². The molecule has 2 aromatic rings. The average Bonchev–Trinajstić information content (AvgIpc) is 2.65. The predicted octanol–water partition coefficient (Wildman–Crippen LogP) is 4.97. The summed E-state index contributed by atoms with van der Waals surface area (Å²) in [5.41, 5.74) is 0.566. The van der Waals surface area contributed by atoms with Crippen LogP contribution in [0.5, 0.6) is 5.75 Å². The summed E-state index contributed by atoms with van der Waals surface area (Å²) in [5, 5.41) is 4.15. The van der Waals surface area contributed by atoms with E-state index in [1.165, 1.54) is 4.90 Å². The number of nitrogens with one attached hydrogen (secondary N) is 1. The maximum absolute atomic E-state index is 13.0. The molecule has 156 valence electrons. The number of carbonyl (C=O) groups is 2. The van der Waals surface area contributed by atoms with Crippen molar-refractivity contribution in [3.05, 3.63) is 63.1 Å². The molecule has 1 N–H and O–H groups in total. The van der Waals surface area contributed by atoms with Gasteiger partial charge >= 0.3 is 0 Å². The van der Waals surface area contributed by atoms with Gasteiger partial charge in [0.25, 0.3) is 5.91 Å². The van der Waals surface area contributed by atoms with Crippen LogP contribution >= 0.6 is 34.8 Å². The third-order valence-electron chi connectivity index (χ3n) is 4.15. The normalized spacial score (nSPS) is 11.8. The van der Waals surface area contributed by atoms with Crippen LogP contribution in [0.2, 0.25) is 15.1 Å². The highest BCUT2D eigenvalue weighted by molar-refractivity contribution is 6.36. The van der Waals surface area contributed by atoms with Crippen molar-refractivity contribution in [1.82, 2.24) is 10.2 Å². The van der Waals surface area contributed by atoms with Crippen LogP contribution in [0.3, 0.4) is 0 Å². The second-order valence-electron chi connectivity index (χ2n) is 6.81. The molecule has 0 spiro atoms. The van der Waals surface area contributed by atoms with E-state index in [9.17, 15) is 9.59 Å². The van der Waals surface area contributed by atoms with Crippen LogP contribution in [0, 0.1) is 0 Å². The minimum absolute atomic E-state index is 0.0616. The number of rotatable bonds is 8. The minimum atomic E-state index is -0.750. The first kappa shape index (κ1) is 23.3. The van der Waals surface area contributed by atoms with Gasteiger partial charge in [0.1, 0.15) is 11.8 Å². The second-order valence-corrected chi connectivity index (χ2v) is 8.06. The van der Waals surface area contributed by atoms with Gasteiger partial charge in [0.2, 0.25) is 5.91 Å². The van der Waals surface area contributed by atoms with Crippen molar-refractivity contribution in [2.75, 3.05) is 6.61 Å². The van der Waals surface area contributed by atoms with E-state index in [4.69, 9.17) is 39.5 Å². The molecule has 2 amide bonds. The Balaban J connectivity index is 2.22. The molecule has 0 aliphatic rings. The van der Waals surface area contributed by atoms with Gasteiger partial charge in [-0.05, 0) is 51.1 Å². The SMILES string of the molecule is CC(C)NC(=O)C(C)N(Cc1c(Cl)cccc1Cl)C(=O)COc1cccc(Cl)c1. The lowest BCUT2D eigenvalue weighted by Crippen LogP contribution is -2.50. The van der Waals surface area contributed by atoms with E-state index in [1.54, 1.807) is 49.4 Å². The molecule has 29 heavy (non-hydrogen) atoms. The van der Waals surface area contributed by atoms with Gasteiger partial charge in [-0.25, -0.2) is 0 Å². The van der Waals surface area contributed by atoms with Gasteiger partial charge in [-0.3, -0.25) is 9.59 Å². The monoisotopic (exact) mass is 456 g/mol. The fourth-order valence-corrected chi connectivity index (χ4v) is 3.32. The number of ether oxygens (including phenoxy) is 1. The number of amides is 2. The van der Waals surface area contributed by atoms with Gasteiger partial charge < -0.3 is 15.0 Å². The Morgan fingerprint density at radius 1 is 1.03 bits per heavy atom. The van der Waals surface area contributed by atoms with Crippen molar-refractivity contribution in [2.24, 2.45) is 0 Å². The minimum Gasteiger partial charge on any atom is -0.484 e. The molecule has 0 aromatic heterocycles. The van der Waals surface area contributed by atoms with Crippen LogP contribution in [0.15, 0.2) is 42.5 Å². The molecule has 1 atom stereocenters. The summed E-state index contributed by atoms with van der Waals surface area (Å²) in [4.78, 5) is 26.9. The van der Waals surface area contributed by atoms with Crippen molar-refractivity contribution in [3.63, 3.8) is 0 Å². The van der Waals surface area contributed by atoms with Crippen molar-refractivity contribution >= 4 is 46.6 Å². The molecule has 8 heteroatoms. The zero-order valence-corrected chi connectivity index (χ0v) is 18.7. The number of hydrogen-bond donors (Lipinski definition) is 1. The largest absolute Gasteiger partial charge is 0.484 e. The first-order valence-corrected chi connectivity index (χ1v) is 10.2. The lowest BCUT2D eigenvalue weighted by atomic mass is 10.1. The molecule has 0 fully saturated rings. The van der Waals surface area contributed by atoms with E-state index in [0.717, 1.165) is 0 Å². The van der Waals surface area contributed by atoms with Crippen LogP contribution < -0.4 is 10.1 Å². The Hall–Kier alpha value is -1.95. The quantitative estimate of drug-likeness (QED) is 0.609. The van der Waals surface area contributed by atoms with Crippen LogP contribution in [0.25, 0.3) is 0 Å². The predicted molar refractivity (Wildman–Crippen MR) is 117 cm³/mol. The van der Waals surface area contributed by atoms with Gasteiger partial charge in [-0.15, -0.1) is 0 Å². The lowest BCUT2D eigenvalue weighted by molar-refractivity contribution is -0.142. The molecule has 0 saturated carbocycles. The molecule has 0 bridgehead atoms. The number of halogens is 3. The highest BCUT2D eigenvalue weighted by atomic mass is 35.5. The molecular formula is C21H23Cl3N2O3. The second kappa shape index (κ2) is 10.7. The Morgan fingerprint density at radius 2 is 1.66 bits per heavy atom. The smallest absolute Gasteiger partial charge is 0.261 e. The summed E-state index contributed by atoms with van der Waals surface area (Å²) < 4.78 is 5.57. The molecule has 0 heterocycles. The van der Waals surface area contributed by atoms with E-state index >= 15 is 0 Å². The zero-order chi connectivity index (χ0) is 21.6. The molecule has 5 nitrogen and oxygen atoms in total. The number of benzene rings is 2. The molecule has 0 aliphatic carbocycles. The fourth-order valence-electron chi connectivity index (χ4n) is 2.63. The highest BCUT2D eigenvalue weighted by Gasteiger charge is 2.28. The Kier molecular flexibility index (Phi) is 8.62. The van der Waals surface area contributed by atoms with Crippen LogP contribution in [0.1, 0.15) is 26.3 Å². The number of nitrogens with zero attached hydrogens (tertiary/aromatic N) is 1. The van der Waals surface area contributed by atoms with Crippen molar-refractivity contribution in [3.8, 4) is 5.75 Å². The van der Waals surface area contributed by atoms with Crippen molar-refractivity contribution in [1.29, 1.82) is 0 Å². The van der Waals surface area contributed by atoms with Gasteiger partial charge in [-0.2, -0.15) is 0 Å². The third kappa shape index (κ3) is 6.81. The van der Waals surface area contributed by atoms with E-state index < -0.39 is 6.04 Å². The van der Waals surface area contributed by atoms with Crippen LogP contribution in [-0.2, 0) is 16.1 Å². The van der Waals surface area contributed by atoms with E-state index in [-0.39, 0.29) is 31.0 Å². The average molecular weight is 458 g/mol. The summed E-state index contributed by atoms with van der Waals surface area (Å²) in [6.07, 6.45) is 0. The number of hydrogen-bond acceptors (Lipinski definition) is 3. The Morgan fingerprint density at radius 3 is 2.24 bits per heavy atom. The maximum atomic E-state index is 13.0. The molecule has 1 unspecified atom stereocenters. The van der Waals surface area contributed by atoms with Gasteiger partial charge in [0, 0.05) is 33.2 Å². The summed E-state index contributed by atoms with van der Waals surface area (Å²) >= 11 is 18.5. The van der Waals surface area contributed by atoms with Crippen LogP contribution in [0.4, 0.5) is 0 Å². The van der Waals surface area contributed by atoms with E-state index in [0.29, 0.717) is 26.4 Å². The fraction of sp³-hybridized carbons (Fsp3) is 0.333.